The van der Waals surface area contributed by atoms with E-state index in [4.69, 9.17) is 11.6 Å². The van der Waals surface area contributed by atoms with Crippen LogP contribution in [-0.2, 0) is 0 Å². The second-order valence-electron chi connectivity index (χ2n) is 4.37. The Hall–Kier alpha value is 0.290. The highest BCUT2D eigenvalue weighted by atomic mass is 35.5. The fourth-order valence-corrected chi connectivity index (χ4v) is 2.60. The fourth-order valence-electron chi connectivity index (χ4n) is 2.37. The molecule has 0 bridgehead atoms. The van der Waals surface area contributed by atoms with E-state index in [2.05, 4.69) is 27.7 Å². The minimum absolute atomic E-state index is 0.396. The van der Waals surface area contributed by atoms with Gasteiger partial charge >= 0.3 is 0 Å². The van der Waals surface area contributed by atoms with Crippen LogP contribution in [0.4, 0.5) is 0 Å². The van der Waals surface area contributed by atoms with Crippen LogP contribution in [0.3, 0.4) is 0 Å². The highest BCUT2D eigenvalue weighted by molar-refractivity contribution is 6.20. The van der Waals surface area contributed by atoms with Gasteiger partial charge < -0.3 is 0 Å². The summed E-state index contributed by atoms with van der Waals surface area (Å²) in [6.45, 7) is 9.09. The Morgan fingerprint density at radius 1 is 0.857 bits per heavy atom. The predicted molar refractivity (Wildman–Crippen MR) is 67.0 cm³/mol. The molecule has 0 amide bonds. The third kappa shape index (κ3) is 5.24. The molecule has 86 valence electrons. The van der Waals surface area contributed by atoms with Gasteiger partial charge in [0.1, 0.15) is 0 Å². The highest BCUT2D eigenvalue weighted by Gasteiger charge is 2.20. The topological polar surface area (TPSA) is 0 Å². The molecule has 0 aliphatic carbocycles. The lowest BCUT2D eigenvalue weighted by atomic mass is 9.81. The summed E-state index contributed by atoms with van der Waals surface area (Å²) in [7, 11) is 0. The summed E-state index contributed by atoms with van der Waals surface area (Å²) in [5, 5.41) is 0.396. The molecule has 0 nitrogen and oxygen atoms in total. The van der Waals surface area contributed by atoms with Crippen molar-refractivity contribution in [1.29, 1.82) is 0 Å². The Labute approximate surface area is 95.4 Å². The molecule has 0 aliphatic rings. The molecule has 0 aromatic rings. The van der Waals surface area contributed by atoms with Gasteiger partial charge in [-0.15, -0.1) is 11.6 Å². The number of hydrogen-bond acceptors (Lipinski definition) is 0. The molecule has 0 saturated heterocycles. The van der Waals surface area contributed by atoms with Crippen molar-refractivity contribution >= 4 is 11.6 Å². The maximum Gasteiger partial charge on any atom is 0.0336 e. The zero-order valence-corrected chi connectivity index (χ0v) is 11.1. The van der Waals surface area contributed by atoms with E-state index in [9.17, 15) is 0 Å². The molecule has 0 heterocycles. The highest BCUT2D eigenvalue weighted by Crippen LogP contribution is 2.30. The summed E-state index contributed by atoms with van der Waals surface area (Å²) < 4.78 is 0. The van der Waals surface area contributed by atoms with Gasteiger partial charge in [0.25, 0.3) is 0 Å². The lowest BCUT2D eigenvalue weighted by Crippen LogP contribution is -2.17. The summed E-state index contributed by atoms with van der Waals surface area (Å²) in [4.78, 5) is 0. The standard InChI is InChI=1S/C13H27Cl/c1-5-9-12(10-13(14)8-4)11(6-2)7-3/h11-13H,5-10H2,1-4H3/t12-,13-/m0/s1. The molecule has 0 N–H and O–H groups in total. The second-order valence-corrected chi connectivity index (χ2v) is 4.98. The van der Waals surface area contributed by atoms with Crippen molar-refractivity contribution in [3.8, 4) is 0 Å². The molecular formula is C13H27Cl. The first kappa shape index (κ1) is 14.3. The largest absolute Gasteiger partial charge is 0.123 e. The third-order valence-corrected chi connectivity index (χ3v) is 3.86. The van der Waals surface area contributed by atoms with E-state index in [1.807, 2.05) is 0 Å². The molecule has 14 heavy (non-hydrogen) atoms. The molecule has 0 rings (SSSR count). The average Bonchev–Trinajstić information content (AvgIpc) is 2.19. The Balaban J connectivity index is 4.10. The van der Waals surface area contributed by atoms with Crippen LogP contribution in [0, 0.1) is 11.8 Å². The maximum absolute atomic E-state index is 6.25. The molecule has 0 aromatic carbocycles. The molecule has 0 spiro atoms. The van der Waals surface area contributed by atoms with Gasteiger partial charge in [-0.25, -0.2) is 0 Å². The first-order valence-electron chi connectivity index (χ1n) is 6.33. The SMILES string of the molecule is CCC[C@@H](C[C@@H](Cl)CC)C(CC)CC. The molecule has 2 atom stereocenters. The molecule has 0 radical (unpaired) electrons. The van der Waals surface area contributed by atoms with Gasteiger partial charge in [0.2, 0.25) is 0 Å². The zero-order chi connectivity index (χ0) is 11.0. The van der Waals surface area contributed by atoms with E-state index in [1.165, 1.54) is 32.1 Å². The summed E-state index contributed by atoms with van der Waals surface area (Å²) in [6, 6.07) is 0. The van der Waals surface area contributed by atoms with Gasteiger partial charge in [0.15, 0.2) is 0 Å². The van der Waals surface area contributed by atoms with Gasteiger partial charge in [0.05, 0.1) is 0 Å². The fraction of sp³-hybridized carbons (Fsp3) is 1.00. The Morgan fingerprint density at radius 2 is 1.43 bits per heavy atom. The van der Waals surface area contributed by atoms with Crippen molar-refractivity contribution in [3.63, 3.8) is 0 Å². The van der Waals surface area contributed by atoms with E-state index in [1.54, 1.807) is 0 Å². The Kier molecular flexibility index (Phi) is 8.76. The second kappa shape index (κ2) is 8.59. The van der Waals surface area contributed by atoms with Crippen molar-refractivity contribution in [2.24, 2.45) is 11.8 Å². The van der Waals surface area contributed by atoms with E-state index in [0.717, 1.165) is 18.3 Å². The van der Waals surface area contributed by atoms with Crippen molar-refractivity contribution in [1.82, 2.24) is 0 Å². The van der Waals surface area contributed by atoms with Crippen molar-refractivity contribution < 1.29 is 0 Å². The van der Waals surface area contributed by atoms with E-state index < -0.39 is 0 Å². The first-order valence-corrected chi connectivity index (χ1v) is 6.77. The van der Waals surface area contributed by atoms with Gasteiger partial charge in [-0.05, 0) is 24.7 Å². The van der Waals surface area contributed by atoms with E-state index in [-0.39, 0.29) is 0 Å². The maximum atomic E-state index is 6.25. The minimum atomic E-state index is 0.396. The van der Waals surface area contributed by atoms with E-state index in [0.29, 0.717) is 5.38 Å². The van der Waals surface area contributed by atoms with Crippen LogP contribution < -0.4 is 0 Å². The van der Waals surface area contributed by atoms with Crippen LogP contribution in [0.5, 0.6) is 0 Å². The van der Waals surface area contributed by atoms with Crippen LogP contribution in [0.2, 0.25) is 0 Å². The Morgan fingerprint density at radius 3 is 1.79 bits per heavy atom. The molecule has 0 saturated carbocycles. The van der Waals surface area contributed by atoms with E-state index >= 15 is 0 Å². The van der Waals surface area contributed by atoms with Gasteiger partial charge in [-0.3, -0.25) is 0 Å². The summed E-state index contributed by atoms with van der Waals surface area (Å²) in [5.74, 6) is 1.75. The summed E-state index contributed by atoms with van der Waals surface area (Å²) in [5.41, 5.74) is 0. The smallest absolute Gasteiger partial charge is 0.0336 e. The molecular weight excluding hydrogens is 192 g/mol. The minimum Gasteiger partial charge on any atom is -0.123 e. The van der Waals surface area contributed by atoms with Crippen molar-refractivity contribution in [3.05, 3.63) is 0 Å². The van der Waals surface area contributed by atoms with Crippen LogP contribution >= 0.6 is 11.6 Å². The predicted octanol–water partition coefficient (Wildman–Crippen LogP) is 5.25. The number of alkyl halides is 1. The van der Waals surface area contributed by atoms with Crippen LogP contribution in [0.15, 0.2) is 0 Å². The molecule has 0 aliphatic heterocycles. The number of hydrogen-bond donors (Lipinski definition) is 0. The van der Waals surface area contributed by atoms with Gasteiger partial charge in [-0.2, -0.15) is 0 Å². The monoisotopic (exact) mass is 218 g/mol. The third-order valence-electron chi connectivity index (χ3n) is 3.38. The lowest BCUT2D eigenvalue weighted by Gasteiger charge is -2.26. The van der Waals surface area contributed by atoms with Gasteiger partial charge in [0, 0.05) is 5.38 Å². The Bertz CT molecular complexity index is 118. The van der Waals surface area contributed by atoms with Crippen molar-refractivity contribution in [2.45, 2.75) is 71.6 Å². The van der Waals surface area contributed by atoms with Crippen LogP contribution in [-0.4, -0.2) is 5.38 Å². The van der Waals surface area contributed by atoms with Crippen LogP contribution in [0.25, 0.3) is 0 Å². The number of rotatable bonds is 8. The summed E-state index contributed by atoms with van der Waals surface area (Å²) in [6.07, 6.45) is 7.62. The lowest BCUT2D eigenvalue weighted by molar-refractivity contribution is 0.271. The number of halogens is 1. The molecule has 0 fully saturated rings. The molecule has 0 aromatic heterocycles. The first-order chi connectivity index (χ1) is 6.69. The normalized spacial score (nSPS) is 15.9. The summed E-state index contributed by atoms with van der Waals surface area (Å²) >= 11 is 6.25. The molecule has 0 unspecified atom stereocenters. The average molecular weight is 219 g/mol. The zero-order valence-electron chi connectivity index (χ0n) is 10.4. The molecule has 1 heteroatoms. The van der Waals surface area contributed by atoms with Crippen molar-refractivity contribution in [2.75, 3.05) is 0 Å². The van der Waals surface area contributed by atoms with Gasteiger partial charge in [-0.1, -0.05) is 53.4 Å². The quantitative estimate of drug-likeness (QED) is 0.489. The van der Waals surface area contributed by atoms with Crippen LogP contribution in [0.1, 0.15) is 66.2 Å².